The molecule has 0 aliphatic carbocycles. The first-order valence-corrected chi connectivity index (χ1v) is 7.62. The Labute approximate surface area is 118 Å². The minimum atomic E-state index is 0.651. The van der Waals surface area contributed by atoms with Crippen LogP contribution in [-0.4, -0.2) is 35.6 Å². The minimum Gasteiger partial charge on any atom is -0.313 e. The summed E-state index contributed by atoms with van der Waals surface area (Å²) in [5.41, 5.74) is 1.29. The summed E-state index contributed by atoms with van der Waals surface area (Å²) in [5, 5.41) is 3.64. The number of nitrogens with one attached hydrogen (secondary N) is 1. The van der Waals surface area contributed by atoms with E-state index in [1.807, 2.05) is 12.4 Å². The second kappa shape index (κ2) is 7.22. The zero-order valence-electron chi connectivity index (χ0n) is 11.0. The maximum absolute atomic E-state index is 4.24. The van der Waals surface area contributed by atoms with E-state index in [2.05, 4.69) is 44.1 Å². The summed E-state index contributed by atoms with van der Waals surface area (Å²) in [7, 11) is 0. The van der Waals surface area contributed by atoms with Crippen LogP contribution < -0.4 is 5.32 Å². The Bertz CT molecular complexity index is 370. The van der Waals surface area contributed by atoms with Crippen LogP contribution in [0.15, 0.2) is 22.9 Å². The summed E-state index contributed by atoms with van der Waals surface area (Å²) >= 11 is 3.49. The summed E-state index contributed by atoms with van der Waals surface area (Å²) in [6, 6.07) is 2.82. The second-order valence-corrected chi connectivity index (χ2v) is 5.96. The van der Waals surface area contributed by atoms with Crippen LogP contribution in [0.1, 0.15) is 31.7 Å². The zero-order valence-corrected chi connectivity index (χ0v) is 12.6. The Hall–Kier alpha value is -0.450. The van der Waals surface area contributed by atoms with Crippen molar-refractivity contribution in [1.82, 2.24) is 15.2 Å². The van der Waals surface area contributed by atoms with Crippen LogP contribution in [0, 0.1) is 0 Å². The van der Waals surface area contributed by atoms with Crippen molar-refractivity contribution < 1.29 is 0 Å². The van der Waals surface area contributed by atoms with Crippen LogP contribution in [-0.2, 0) is 6.54 Å². The van der Waals surface area contributed by atoms with E-state index in [1.54, 1.807) is 0 Å². The maximum Gasteiger partial charge on any atom is 0.0410 e. The molecule has 0 aromatic carbocycles. The lowest BCUT2D eigenvalue weighted by atomic mass is 10.1. The average molecular weight is 312 g/mol. The normalized spacial score (nSPS) is 21.8. The van der Waals surface area contributed by atoms with E-state index in [1.165, 1.54) is 31.4 Å². The molecule has 1 aromatic heterocycles. The molecule has 1 saturated heterocycles. The van der Waals surface area contributed by atoms with E-state index in [0.717, 1.165) is 24.1 Å². The van der Waals surface area contributed by atoms with Gasteiger partial charge in [-0.1, -0.05) is 13.3 Å². The predicted octanol–water partition coefficient (Wildman–Crippen LogP) is 2.81. The molecule has 0 spiro atoms. The topological polar surface area (TPSA) is 28.2 Å². The average Bonchev–Trinajstić information content (AvgIpc) is 2.55. The second-order valence-electron chi connectivity index (χ2n) is 5.04. The summed E-state index contributed by atoms with van der Waals surface area (Å²) < 4.78 is 1.07. The smallest absolute Gasteiger partial charge is 0.0410 e. The summed E-state index contributed by atoms with van der Waals surface area (Å²) in [6.45, 7) is 6.75. The number of pyridine rings is 1. The Kier molecular flexibility index (Phi) is 5.60. The molecule has 1 N–H and O–H groups in total. The third-order valence-electron chi connectivity index (χ3n) is 3.37. The van der Waals surface area contributed by atoms with E-state index in [-0.39, 0.29) is 0 Å². The predicted molar refractivity (Wildman–Crippen MR) is 78.5 cm³/mol. The molecule has 2 heterocycles. The largest absolute Gasteiger partial charge is 0.313 e. The molecule has 1 unspecified atom stereocenters. The van der Waals surface area contributed by atoms with Gasteiger partial charge in [-0.05, 0) is 53.5 Å². The highest BCUT2D eigenvalue weighted by Gasteiger charge is 2.16. The van der Waals surface area contributed by atoms with E-state index < -0.39 is 0 Å². The fourth-order valence-corrected chi connectivity index (χ4v) is 2.97. The SMILES string of the molecule is CCCC1CN(Cc2cncc(Br)c2)CCCN1. The van der Waals surface area contributed by atoms with Gasteiger partial charge in [-0.2, -0.15) is 0 Å². The van der Waals surface area contributed by atoms with Crippen molar-refractivity contribution in [3.63, 3.8) is 0 Å². The zero-order chi connectivity index (χ0) is 12.8. The van der Waals surface area contributed by atoms with Crippen LogP contribution in [0.4, 0.5) is 0 Å². The van der Waals surface area contributed by atoms with Crippen molar-refractivity contribution in [2.75, 3.05) is 19.6 Å². The highest BCUT2D eigenvalue weighted by atomic mass is 79.9. The van der Waals surface area contributed by atoms with Gasteiger partial charge in [0.15, 0.2) is 0 Å². The third-order valence-corrected chi connectivity index (χ3v) is 3.80. The fraction of sp³-hybridized carbons (Fsp3) is 0.643. The van der Waals surface area contributed by atoms with E-state index >= 15 is 0 Å². The Balaban J connectivity index is 1.94. The quantitative estimate of drug-likeness (QED) is 0.927. The third kappa shape index (κ3) is 4.34. The van der Waals surface area contributed by atoms with Crippen molar-refractivity contribution in [2.24, 2.45) is 0 Å². The van der Waals surface area contributed by atoms with Gasteiger partial charge in [0, 0.05) is 36.0 Å². The lowest BCUT2D eigenvalue weighted by Crippen LogP contribution is -2.37. The molecule has 0 saturated carbocycles. The Morgan fingerprint density at radius 1 is 1.50 bits per heavy atom. The number of rotatable bonds is 4. The van der Waals surface area contributed by atoms with Crippen LogP contribution in [0.5, 0.6) is 0 Å². The minimum absolute atomic E-state index is 0.651. The highest BCUT2D eigenvalue weighted by molar-refractivity contribution is 9.10. The monoisotopic (exact) mass is 311 g/mol. The number of nitrogens with zero attached hydrogens (tertiary/aromatic N) is 2. The first-order valence-electron chi connectivity index (χ1n) is 6.83. The van der Waals surface area contributed by atoms with E-state index in [9.17, 15) is 0 Å². The molecular formula is C14H22BrN3. The molecule has 0 radical (unpaired) electrons. The Morgan fingerprint density at radius 2 is 2.39 bits per heavy atom. The standard InChI is InChI=1S/C14H22BrN3/c1-2-4-14-11-18(6-3-5-17-14)10-12-7-13(15)9-16-8-12/h7-9,14,17H,2-6,10-11H2,1H3. The molecule has 2 rings (SSSR count). The molecule has 1 fully saturated rings. The molecule has 1 aliphatic heterocycles. The van der Waals surface area contributed by atoms with Crippen LogP contribution in [0.3, 0.4) is 0 Å². The van der Waals surface area contributed by atoms with Crippen molar-refractivity contribution in [3.05, 3.63) is 28.5 Å². The van der Waals surface area contributed by atoms with Crippen LogP contribution in [0.2, 0.25) is 0 Å². The van der Waals surface area contributed by atoms with Gasteiger partial charge in [-0.15, -0.1) is 0 Å². The molecule has 100 valence electrons. The van der Waals surface area contributed by atoms with Crippen molar-refractivity contribution in [2.45, 2.75) is 38.8 Å². The lowest BCUT2D eigenvalue weighted by molar-refractivity contribution is 0.254. The first-order chi connectivity index (χ1) is 8.78. The van der Waals surface area contributed by atoms with Crippen molar-refractivity contribution in [1.29, 1.82) is 0 Å². The number of halogens is 1. The first kappa shape index (κ1) is 14.0. The molecule has 1 atom stereocenters. The number of aromatic nitrogens is 1. The maximum atomic E-state index is 4.24. The molecule has 1 aliphatic rings. The number of hydrogen-bond acceptors (Lipinski definition) is 3. The van der Waals surface area contributed by atoms with Gasteiger partial charge < -0.3 is 5.32 Å². The van der Waals surface area contributed by atoms with Gasteiger partial charge >= 0.3 is 0 Å². The van der Waals surface area contributed by atoms with E-state index in [0.29, 0.717) is 6.04 Å². The van der Waals surface area contributed by atoms with Crippen molar-refractivity contribution >= 4 is 15.9 Å². The van der Waals surface area contributed by atoms with Crippen LogP contribution in [0.25, 0.3) is 0 Å². The summed E-state index contributed by atoms with van der Waals surface area (Å²) in [5.74, 6) is 0. The van der Waals surface area contributed by atoms with Gasteiger partial charge in [0.1, 0.15) is 0 Å². The summed E-state index contributed by atoms with van der Waals surface area (Å²) in [4.78, 5) is 6.78. The van der Waals surface area contributed by atoms with Crippen molar-refractivity contribution in [3.8, 4) is 0 Å². The molecule has 4 heteroatoms. The molecule has 3 nitrogen and oxygen atoms in total. The summed E-state index contributed by atoms with van der Waals surface area (Å²) in [6.07, 6.45) is 7.57. The molecule has 0 bridgehead atoms. The fourth-order valence-electron chi connectivity index (χ4n) is 2.56. The molecule has 0 amide bonds. The molecule has 18 heavy (non-hydrogen) atoms. The van der Waals surface area contributed by atoms with Gasteiger partial charge in [-0.25, -0.2) is 0 Å². The molecular weight excluding hydrogens is 290 g/mol. The van der Waals surface area contributed by atoms with Crippen LogP contribution >= 0.6 is 15.9 Å². The Morgan fingerprint density at radius 3 is 3.17 bits per heavy atom. The highest BCUT2D eigenvalue weighted by Crippen LogP contribution is 2.13. The van der Waals surface area contributed by atoms with Gasteiger partial charge in [-0.3, -0.25) is 9.88 Å². The molecule has 1 aromatic rings. The van der Waals surface area contributed by atoms with Gasteiger partial charge in [0.2, 0.25) is 0 Å². The number of hydrogen-bond donors (Lipinski definition) is 1. The van der Waals surface area contributed by atoms with E-state index in [4.69, 9.17) is 0 Å². The van der Waals surface area contributed by atoms with Gasteiger partial charge in [0.05, 0.1) is 0 Å². The van der Waals surface area contributed by atoms with Gasteiger partial charge in [0.25, 0.3) is 0 Å². The lowest BCUT2D eigenvalue weighted by Gasteiger charge is -2.24.